The van der Waals surface area contributed by atoms with Crippen molar-refractivity contribution in [2.45, 2.75) is 30.7 Å². The molecule has 1 unspecified atom stereocenters. The van der Waals surface area contributed by atoms with Crippen molar-refractivity contribution >= 4 is 21.6 Å². The summed E-state index contributed by atoms with van der Waals surface area (Å²) in [6.07, 6.45) is 1.34. The molecule has 0 N–H and O–H groups in total. The summed E-state index contributed by atoms with van der Waals surface area (Å²) in [5.74, 6) is -0.304. The van der Waals surface area contributed by atoms with Crippen LogP contribution < -0.4 is 4.90 Å². The van der Waals surface area contributed by atoms with Gasteiger partial charge < -0.3 is 4.90 Å². The molecule has 1 aliphatic heterocycles. The van der Waals surface area contributed by atoms with Crippen molar-refractivity contribution in [1.82, 2.24) is 4.31 Å². The Morgan fingerprint density at radius 3 is 2.23 bits per heavy atom. The van der Waals surface area contributed by atoms with Gasteiger partial charge in [-0.1, -0.05) is 12.1 Å². The molecule has 1 aliphatic rings. The molecule has 2 aromatic carbocycles. The summed E-state index contributed by atoms with van der Waals surface area (Å²) < 4.78 is 40.1. The number of hydrogen-bond donors (Lipinski definition) is 0. The second-order valence-electron chi connectivity index (χ2n) is 6.39. The van der Waals surface area contributed by atoms with Crippen molar-refractivity contribution in [3.8, 4) is 0 Å². The van der Waals surface area contributed by atoms with E-state index < -0.39 is 16.1 Å². The average molecular weight is 376 g/mol. The number of halogens is 1. The molecule has 26 heavy (non-hydrogen) atoms. The zero-order valence-electron chi connectivity index (χ0n) is 14.7. The van der Waals surface area contributed by atoms with E-state index in [9.17, 15) is 17.6 Å². The topological polar surface area (TPSA) is 57.7 Å². The van der Waals surface area contributed by atoms with Gasteiger partial charge in [0.2, 0.25) is 15.9 Å². The number of sulfonamides is 1. The van der Waals surface area contributed by atoms with Crippen LogP contribution in [0.3, 0.4) is 0 Å². The van der Waals surface area contributed by atoms with Crippen molar-refractivity contribution in [3.63, 3.8) is 0 Å². The highest BCUT2D eigenvalue weighted by molar-refractivity contribution is 7.89. The highest BCUT2D eigenvalue weighted by Crippen LogP contribution is 2.28. The van der Waals surface area contributed by atoms with Crippen molar-refractivity contribution in [1.29, 1.82) is 0 Å². The summed E-state index contributed by atoms with van der Waals surface area (Å²) >= 11 is 0. The van der Waals surface area contributed by atoms with E-state index in [1.807, 2.05) is 0 Å². The highest BCUT2D eigenvalue weighted by Gasteiger charge is 2.27. The van der Waals surface area contributed by atoms with Gasteiger partial charge in [-0.3, -0.25) is 4.79 Å². The molecule has 7 heteroatoms. The van der Waals surface area contributed by atoms with Crippen molar-refractivity contribution in [2.75, 3.05) is 18.5 Å². The van der Waals surface area contributed by atoms with Gasteiger partial charge >= 0.3 is 0 Å². The van der Waals surface area contributed by atoms with Crippen molar-refractivity contribution in [3.05, 3.63) is 59.9 Å². The Morgan fingerprint density at radius 2 is 1.69 bits per heavy atom. The largest absolute Gasteiger partial charge is 0.312 e. The van der Waals surface area contributed by atoms with Crippen LogP contribution in [0.2, 0.25) is 0 Å². The Bertz CT molecular complexity index is 895. The first-order chi connectivity index (χ1) is 12.3. The molecule has 0 radical (unpaired) electrons. The van der Waals surface area contributed by atoms with Gasteiger partial charge in [-0.25, -0.2) is 12.8 Å². The van der Waals surface area contributed by atoms with E-state index in [0.29, 0.717) is 24.2 Å². The van der Waals surface area contributed by atoms with Gasteiger partial charge in [-0.05, 0) is 55.3 Å². The number of hydrogen-bond acceptors (Lipinski definition) is 3. The summed E-state index contributed by atoms with van der Waals surface area (Å²) in [5, 5.41) is 0. The van der Waals surface area contributed by atoms with Crippen molar-refractivity contribution in [2.24, 2.45) is 0 Å². The quantitative estimate of drug-likeness (QED) is 0.804. The number of rotatable bonds is 5. The lowest BCUT2D eigenvalue weighted by molar-refractivity contribution is -0.117. The Labute approximate surface area is 153 Å². The molecule has 2 aromatic rings. The molecule has 1 saturated heterocycles. The molecule has 1 amide bonds. The number of nitrogens with zero attached hydrogens (tertiary/aromatic N) is 2. The van der Waals surface area contributed by atoms with Crippen LogP contribution >= 0.6 is 0 Å². The maximum Gasteiger partial charge on any atom is 0.243 e. The lowest BCUT2D eigenvalue weighted by Crippen LogP contribution is -2.30. The van der Waals surface area contributed by atoms with Crippen LogP contribution in [0, 0.1) is 5.82 Å². The van der Waals surface area contributed by atoms with Gasteiger partial charge in [0.1, 0.15) is 5.82 Å². The molecule has 0 aliphatic carbocycles. The summed E-state index contributed by atoms with van der Waals surface area (Å²) in [7, 11) is -2.21. The van der Waals surface area contributed by atoms with Gasteiger partial charge in [0.25, 0.3) is 0 Å². The number of carbonyl (C=O) groups is 1. The van der Waals surface area contributed by atoms with E-state index in [1.165, 1.54) is 35.6 Å². The minimum Gasteiger partial charge on any atom is -0.312 e. The Balaban J connectivity index is 1.82. The number of carbonyl (C=O) groups excluding carboxylic acids is 1. The minimum atomic E-state index is -3.71. The standard InChI is InChI=1S/C19H21FN2O3S/c1-14(15-5-7-16(20)8-6-15)21(2)26(24,25)18-11-9-17(10-12-18)22-13-3-4-19(22)23/h5-12,14H,3-4,13H2,1-2H3. The third kappa shape index (κ3) is 3.50. The molecule has 1 atom stereocenters. The lowest BCUT2D eigenvalue weighted by atomic mass is 10.1. The monoisotopic (exact) mass is 376 g/mol. The molecular weight excluding hydrogens is 355 g/mol. The fraction of sp³-hybridized carbons (Fsp3) is 0.316. The summed E-state index contributed by atoms with van der Waals surface area (Å²) in [4.78, 5) is 13.6. The van der Waals surface area contributed by atoms with Crippen LogP contribution in [0.5, 0.6) is 0 Å². The normalized spacial score (nSPS) is 16.3. The third-order valence-electron chi connectivity index (χ3n) is 4.80. The van der Waals surface area contributed by atoms with Crippen LogP contribution in [0.25, 0.3) is 0 Å². The molecule has 1 fully saturated rings. The van der Waals surface area contributed by atoms with Gasteiger partial charge in [0.15, 0.2) is 0 Å². The third-order valence-corrected chi connectivity index (χ3v) is 6.74. The Morgan fingerprint density at radius 1 is 1.08 bits per heavy atom. The van der Waals surface area contributed by atoms with Crippen LogP contribution in [-0.4, -0.2) is 32.2 Å². The Kier molecular flexibility index (Phi) is 5.11. The molecule has 3 rings (SSSR count). The molecule has 1 heterocycles. The van der Waals surface area contributed by atoms with E-state index >= 15 is 0 Å². The van der Waals surface area contributed by atoms with E-state index in [4.69, 9.17) is 0 Å². The van der Waals surface area contributed by atoms with Crippen LogP contribution in [0.1, 0.15) is 31.4 Å². The lowest BCUT2D eigenvalue weighted by Gasteiger charge is -2.25. The van der Waals surface area contributed by atoms with E-state index in [0.717, 1.165) is 6.42 Å². The van der Waals surface area contributed by atoms with Crippen LogP contribution in [0.4, 0.5) is 10.1 Å². The molecule has 0 saturated carbocycles. The average Bonchev–Trinajstić information content (AvgIpc) is 3.07. The Hall–Kier alpha value is -2.25. The van der Waals surface area contributed by atoms with E-state index in [2.05, 4.69) is 0 Å². The summed E-state index contributed by atoms with van der Waals surface area (Å²) in [6.45, 7) is 2.41. The molecular formula is C19H21FN2O3S. The van der Waals surface area contributed by atoms with Crippen LogP contribution in [0.15, 0.2) is 53.4 Å². The molecule has 0 bridgehead atoms. The van der Waals surface area contributed by atoms with E-state index in [-0.39, 0.29) is 16.6 Å². The maximum absolute atomic E-state index is 13.1. The number of benzene rings is 2. The first kappa shape index (κ1) is 18.5. The zero-order valence-corrected chi connectivity index (χ0v) is 15.5. The smallest absolute Gasteiger partial charge is 0.243 e. The predicted molar refractivity (Wildman–Crippen MR) is 97.8 cm³/mol. The summed E-state index contributed by atoms with van der Waals surface area (Å²) in [6, 6.07) is 11.7. The zero-order chi connectivity index (χ0) is 18.9. The second kappa shape index (κ2) is 7.17. The first-order valence-corrected chi connectivity index (χ1v) is 9.88. The first-order valence-electron chi connectivity index (χ1n) is 8.44. The fourth-order valence-corrected chi connectivity index (χ4v) is 4.40. The molecule has 138 valence electrons. The SMILES string of the molecule is CC(c1ccc(F)cc1)N(C)S(=O)(=O)c1ccc(N2CCCC2=O)cc1. The van der Waals surface area contributed by atoms with E-state index in [1.54, 1.807) is 36.1 Å². The predicted octanol–water partition coefficient (Wildman–Crippen LogP) is 3.33. The van der Waals surface area contributed by atoms with Gasteiger partial charge in [-0.15, -0.1) is 0 Å². The van der Waals surface area contributed by atoms with Gasteiger partial charge in [-0.2, -0.15) is 4.31 Å². The maximum atomic E-state index is 13.1. The molecule has 0 spiro atoms. The fourth-order valence-electron chi connectivity index (χ4n) is 3.04. The minimum absolute atomic E-state index is 0.0580. The van der Waals surface area contributed by atoms with Crippen molar-refractivity contribution < 1.29 is 17.6 Å². The molecule has 0 aromatic heterocycles. The summed E-state index contributed by atoms with van der Waals surface area (Å²) in [5.41, 5.74) is 1.41. The molecule has 5 nitrogen and oxygen atoms in total. The highest BCUT2D eigenvalue weighted by atomic mass is 32.2. The number of anilines is 1. The van der Waals surface area contributed by atoms with Gasteiger partial charge in [0, 0.05) is 31.7 Å². The van der Waals surface area contributed by atoms with Gasteiger partial charge in [0.05, 0.1) is 4.90 Å². The number of amides is 1. The van der Waals surface area contributed by atoms with Crippen LogP contribution in [-0.2, 0) is 14.8 Å². The second-order valence-corrected chi connectivity index (χ2v) is 8.39.